The first-order chi connectivity index (χ1) is 10.0. The summed E-state index contributed by atoms with van der Waals surface area (Å²) in [5, 5.41) is 0. The van der Waals surface area contributed by atoms with Gasteiger partial charge in [-0.05, 0) is 44.9 Å². The van der Waals surface area contributed by atoms with Crippen LogP contribution in [-0.2, 0) is 19.1 Å². The lowest BCUT2D eigenvalue weighted by molar-refractivity contribution is -0.184. The standard InChI is InChI=1S/C17H26O4/c1-5-16(14(18)20-7-3)12-9-10-13(11-12)17(16,6-2)15(19)21-8-4/h9-10,12-13H,5-8,11H2,1-4H3. The summed E-state index contributed by atoms with van der Waals surface area (Å²) in [7, 11) is 0. The number of allylic oxidation sites excluding steroid dienone is 2. The zero-order chi connectivity index (χ0) is 15.7. The number of fused-ring (bicyclic) bond motifs is 2. The van der Waals surface area contributed by atoms with Crippen molar-refractivity contribution in [3.8, 4) is 0 Å². The summed E-state index contributed by atoms with van der Waals surface area (Å²) in [6.45, 7) is 8.25. The number of esters is 2. The molecule has 0 aromatic heterocycles. The average Bonchev–Trinajstić information content (AvgIpc) is 3.05. The molecule has 2 rings (SSSR count). The lowest BCUT2D eigenvalue weighted by Crippen LogP contribution is -2.55. The predicted octanol–water partition coefficient (Wildman–Crippen LogP) is 3.11. The molecule has 0 spiro atoms. The molecule has 0 heterocycles. The van der Waals surface area contributed by atoms with Crippen LogP contribution in [0.4, 0.5) is 0 Å². The van der Waals surface area contributed by atoms with E-state index in [0.29, 0.717) is 26.1 Å². The molecule has 0 aromatic rings. The van der Waals surface area contributed by atoms with Crippen molar-refractivity contribution in [3.05, 3.63) is 12.2 Å². The molecule has 0 amide bonds. The van der Waals surface area contributed by atoms with Gasteiger partial charge in [-0.1, -0.05) is 26.0 Å². The Hall–Kier alpha value is -1.32. The number of rotatable bonds is 6. The van der Waals surface area contributed by atoms with Gasteiger partial charge in [-0.25, -0.2) is 0 Å². The van der Waals surface area contributed by atoms with Gasteiger partial charge in [-0.15, -0.1) is 0 Å². The van der Waals surface area contributed by atoms with Crippen molar-refractivity contribution in [1.29, 1.82) is 0 Å². The summed E-state index contributed by atoms with van der Waals surface area (Å²) in [6, 6.07) is 0. The molecule has 4 unspecified atom stereocenters. The van der Waals surface area contributed by atoms with Crippen molar-refractivity contribution in [2.45, 2.75) is 47.0 Å². The summed E-state index contributed by atoms with van der Waals surface area (Å²) in [5.41, 5.74) is -1.55. The Kier molecular flexibility index (Phi) is 4.45. The normalized spacial score (nSPS) is 36.8. The lowest BCUT2D eigenvalue weighted by atomic mass is 9.55. The van der Waals surface area contributed by atoms with Crippen LogP contribution in [-0.4, -0.2) is 25.2 Å². The van der Waals surface area contributed by atoms with Crippen LogP contribution in [0.5, 0.6) is 0 Å². The fraction of sp³-hybridized carbons (Fsp3) is 0.765. The zero-order valence-corrected chi connectivity index (χ0v) is 13.5. The van der Waals surface area contributed by atoms with E-state index in [2.05, 4.69) is 12.2 Å². The molecule has 0 aliphatic heterocycles. The average molecular weight is 294 g/mol. The van der Waals surface area contributed by atoms with Crippen LogP contribution in [0.2, 0.25) is 0 Å². The van der Waals surface area contributed by atoms with Crippen LogP contribution in [0.3, 0.4) is 0 Å². The van der Waals surface area contributed by atoms with Crippen molar-refractivity contribution >= 4 is 11.9 Å². The Morgan fingerprint density at radius 3 is 1.57 bits per heavy atom. The van der Waals surface area contributed by atoms with Crippen LogP contribution < -0.4 is 0 Å². The maximum absolute atomic E-state index is 12.8. The van der Waals surface area contributed by atoms with Gasteiger partial charge in [0.05, 0.1) is 24.0 Å². The Labute approximate surface area is 126 Å². The number of ether oxygens (including phenoxy) is 2. The molecule has 0 saturated heterocycles. The highest BCUT2D eigenvalue weighted by atomic mass is 16.5. The maximum atomic E-state index is 12.8. The van der Waals surface area contributed by atoms with E-state index in [1.54, 1.807) is 0 Å². The Morgan fingerprint density at radius 1 is 0.905 bits per heavy atom. The second-order valence-electron chi connectivity index (χ2n) is 5.92. The molecule has 0 aromatic carbocycles. The lowest BCUT2D eigenvalue weighted by Gasteiger charge is -2.47. The highest BCUT2D eigenvalue weighted by Gasteiger charge is 2.72. The van der Waals surface area contributed by atoms with Crippen molar-refractivity contribution in [2.24, 2.45) is 22.7 Å². The van der Waals surface area contributed by atoms with Crippen LogP contribution in [0.25, 0.3) is 0 Å². The van der Waals surface area contributed by atoms with E-state index in [9.17, 15) is 9.59 Å². The minimum Gasteiger partial charge on any atom is -0.466 e. The second-order valence-corrected chi connectivity index (χ2v) is 5.92. The van der Waals surface area contributed by atoms with Gasteiger partial charge in [-0.2, -0.15) is 0 Å². The number of hydrogen-bond acceptors (Lipinski definition) is 4. The molecule has 0 radical (unpaired) electrons. The van der Waals surface area contributed by atoms with Crippen LogP contribution in [0, 0.1) is 22.7 Å². The van der Waals surface area contributed by atoms with Gasteiger partial charge < -0.3 is 9.47 Å². The van der Waals surface area contributed by atoms with Gasteiger partial charge in [0.2, 0.25) is 0 Å². The van der Waals surface area contributed by atoms with E-state index >= 15 is 0 Å². The zero-order valence-electron chi connectivity index (χ0n) is 13.5. The van der Waals surface area contributed by atoms with Crippen molar-refractivity contribution in [1.82, 2.24) is 0 Å². The van der Waals surface area contributed by atoms with E-state index < -0.39 is 10.8 Å². The van der Waals surface area contributed by atoms with Gasteiger partial charge in [-0.3, -0.25) is 9.59 Å². The van der Waals surface area contributed by atoms with Gasteiger partial charge in [0.15, 0.2) is 0 Å². The largest absolute Gasteiger partial charge is 0.466 e. The fourth-order valence-electron chi connectivity index (χ4n) is 4.72. The van der Waals surface area contributed by atoms with Crippen LogP contribution in [0.15, 0.2) is 12.2 Å². The van der Waals surface area contributed by atoms with Crippen molar-refractivity contribution in [2.75, 3.05) is 13.2 Å². The van der Waals surface area contributed by atoms with E-state index in [-0.39, 0.29) is 23.8 Å². The Bertz CT molecular complexity index is 416. The first kappa shape index (κ1) is 16.1. The summed E-state index contributed by atoms with van der Waals surface area (Å²) in [5.74, 6) is -0.315. The summed E-state index contributed by atoms with van der Waals surface area (Å²) < 4.78 is 10.8. The van der Waals surface area contributed by atoms with E-state index in [0.717, 1.165) is 6.42 Å². The third-order valence-corrected chi connectivity index (χ3v) is 5.54. The Balaban J connectivity index is 2.56. The molecular formula is C17H26O4. The summed E-state index contributed by atoms with van der Waals surface area (Å²) in [4.78, 5) is 25.6. The molecular weight excluding hydrogens is 268 g/mol. The molecule has 2 aliphatic rings. The smallest absolute Gasteiger partial charge is 0.313 e. The van der Waals surface area contributed by atoms with Gasteiger partial charge >= 0.3 is 11.9 Å². The van der Waals surface area contributed by atoms with E-state index in [4.69, 9.17) is 9.47 Å². The summed E-state index contributed by atoms with van der Waals surface area (Å²) in [6.07, 6.45) is 6.24. The third-order valence-electron chi connectivity index (χ3n) is 5.54. The van der Waals surface area contributed by atoms with Crippen LogP contribution >= 0.6 is 0 Å². The minimum atomic E-state index is -0.774. The fourth-order valence-corrected chi connectivity index (χ4v) is 4.72. The summed E-state index contributed by atoms with van der Waals surface area (Å²) >= 11 is 0. The van der Waals surface area contributed by atoms with Crippen molar-refractivity contribution < 1.29 is 19.1 Å². The molecule has 4 heteroatoms. The number of carbonyl (C=O) groups excluding carboxylic acids is 2. The molecule has 1 fully saturated rings. The van der Waals surface area contributed by atoms with E-state index in [1.165, 1.54) is 0 Å². The first-order valence-electron chi connectivity index (χ1n) is 8.07. The molecule has 0 N–H and O–H groups in total. The maximum Gasteiger partial charge on any atom is 0.313 e. The Morgan fingerprint density at radius 2 is 1.29 bits per heavy atom. The number of hydrogen-bond donors (Lipinski definition) is 0. The van der Waals surface area contributed by atoms with Crippen molar-refractivity contribution in [3.63, 3.8) is 0 Å². The SMILES string of the molecule is CCOC(=O)C1(CC)C2C=CC(C2)C1(CC)C(=O)OCC. The molecule has 4 atom stereocenters. The minimum absolute atomic E-state index is 0.0795. The topological polar surface area (TPSA) is 52.6 Å². The first-order valence-corrected chi connectivity index (χ1v) is 8.07. The van der Waals surface area contributed by atoms with Gasteiger partial charge in [0.1, 0.15) is 0 Å². The number of carbonyl (C=O) groups is 2. The highest BCUT2D eigenvalue weighted by Crippen LogP contribution is 2.67. The molecule has 1 saturated carbocycles. The van der Waals surface area contributed by atoms with Gasteiger partial charge in [0, 0.05) is 0 Å². The molecule has 21 heavy (non-hydrogen) atoms. The van der Waals surface area contributed by atoms with Gasteiger partial charge in [0.25, 0.3) is 0 Å². The molecule has 4 nitrogen and oxygen atoms in total. The third kappa shape index (κ3) is 1.87. The molecule has 2 aliphatic carbocycles. The predicted molar refractivity (Wildman–Crippen MR) is 79.5 cm³/mol. The van der Waals surface area contributed by atoms with E-state index in [1.807, 2.05) is 27.7 Å². The monoisotopic (exact) mass is 294 g/mol. The quantitative estimate of drug-likeness (QED) is 0.558. The van der Waals surface area contributed by atoms with Crippen LogP contribution in [0.1, 0.15) is 47.0 Å². The molecule has 118 valence electrons. The molecule has 2 bridgehead atoms. The second kappa shape index (κ2) is 5.82. The highest BCUT2D eigenvalue weighted by molar-refractivity contribution is 5.91.